The average molecular weight is 317 g/mol. The molecule has 7 heteroatoms. The number of urea groups is 1. The lowest BCUT2D eigenvalue weighted by Gasteiger charge is -2.32. The lowest BCUT2D eigenvalue weighted by Crippen LogP contribution is -2.48. The molecule has 0 unspecified atom stereocenters. The second kappa shape index (κ2) is 7.06. The summed E-state index contributed by atoms with van der Waals surface area (Å²) in [6.45, 7) is 1.39. The van der Waals surface area contributed by atoms with Gasteiger partial charge in [0.15, 0.2) is 0 Å². The van der Waals surface area contributed by atoms with Crippen LogP contribution in [0.1, 0.15) is 18.4 Å². The van der Waals surface area contributed by atoms with Gasteiger partial charge in [0.25, 0.3) is 0 Å². The Bertz CT molecular complexity index is 507. The van der Waals surface area contributed by atoms with Crippen LogP contribution in [0.15, 0.2) is 18.2 Å². The van der Waals surface area contributed by atoms with E-state index < -0.39 is 17.4 Å². The second-order valence-electron chi connectivity index (χ2n) is 5.12. The van der Waals surface area contributed by atoms with Crippen molar-refractivity contribution in [3.63, 3.8) is 0 Å². The van der Waals surface area contributed by atoms with Gasteiger partial charge in [-0.1, -0.05) is 17.7 Å². The number of benzene rings is 1. The van der Waals surface area contributed by atoms with E-state index in [0.29, 0.717) is 31.6 Å². The van der Waals surface area contributed by atoms with Crippen LogP contribution in [-0.2, 0) is 11.3 Å². The summed E-state index contributed by atoms with van der Waals surface area (Å²) in [6.07, 6.45) is 1.00. The highest BCUT2D eigenvalue weighted by molar-refractivity contribution is 6.30. The van der Waals surface area contributed by atoms with Gasteiger partial charge in [-0.3, -0.25) is 0 Å². The molecule has 1 heterocycles. The zero-order valence-corrected chi connectivity index (χ0v) is 12.3. The summed E-state index contributed by atoms with van der Waals surface area (Å²) in [5.41, 5.74) is -0.212. The number of amides is 2. The van der Waals surface area contributed by atoms with E-state index in [4.69, 9.17) is 16.3 Å². The first-order valence-electron chi connectivity index (χ1n) is 6.74. The third kappa shape index (κ3) is 4.84. The summed E-state index contributed by atoms with van der Waals surface area (Å²) >= 11 is 5.66. The third-order valence-electron chi connectivity index (χ3n) is 3.44. The van der Waals surface area contributed by atoms with Crippen LogP contribution in [0.3, 0.4) is 0 Å². The van der Waals surface area contributed by atoms with E-state index in [0.717, 1.165) is 0 Å². The Labute approximate surface area is 127 Å². The van der Waals surface area contributed by atoms with Gasteiger partial charge in [-0.25, -0.2) is 9.18 Å². The molecule has 0 aromatic heterocycles. The van der Waals surface area contributed by atoms with E-state index in [1.807, 2.05) is 0 Å². The van der Waals surface area contributed by atoms with Gasteiger partial charge in [-0.05, 0) is 17.7 Å². The Morgan fingerprint density at radius 3 is 2.76 bits per heavy atom. The normalized spacial score (nSPS) is 17.3. The Morgan fingerprint density at radius 1 is 1.38 bits per heavy atom. The fourth-order valence-corrected chi connectivity index (χ4v) is 2.27. The van der Waals surface area contributed by atoms with E-state index in [2.05, 4.69) is 10.6 Å². The molecule has 2 amide bonds. The van der Waals surface area contributed by atoms with Crippen LogP contribution in [0, 0.1) is 5.82 Å². The van der Waals surface area contributed by atoms with E-state index in [1.54, 1.807) is 6.07 Å². The molecule has 3 N–H and O–H groups in total. The number of rotatable bonds is 4. The van der Waals surface area contributed by atoms with Gasteiger partial charge in [-0.15, -0.1) is 0 Å². The Morgan fingerprint density at radius 2 is 2.10 bits per heavy atom. The van der Waals surface area contributed by atoms with Crippen LogP contribution in [0.2, 0.25) is 5.02 Å². The van der Waals surface area contributed by atoms with Crippen LogP contribution in [-0.4, -0.2) is 36.5 Å². The molecule has 2 rings (SSSR count). The summed E-state index contributed by atoms with van der Waals surface area (Å²) in [6, 6.07) is 3.87. The maximum atomic E-state index is 13.0. The first-order valence-corrected chi connectivity index (χ1v) is 7.12. The zero-order valence-electron chi connectivity index (χ0n) is 11.5. The van der Waals surface area contributed by atoms with Crippen molar-refractivity contribution in [2.24, 2.45) is 0 Å². The van der Waals surface area contributed by atoms with E-state index >= 15 is 0 Å². The van der Waals surface area contributed by atoms with Crippen LogP contribution in [0.4, 0.5) is 9.18 Å². The Balaban J connectivity index is 1.75. The lowest BCUT2D eigenvalue weighted by molar-refractivity contribution is -0.0600. The highest BCUT2D eigenvalue weighted by Crippen LogP contribution is 2.19. The molecule has 0 spiro atoms. The van der Waals surface area contributed by atoms with Gasteiger partial charge < -0.3 is 20.5 Å². The standard InChI is InChI=1S/C14H18ClFN2O3/c15-11-7-10(1-2-12(11)16)8-17-13(19)18-9-14(20)3-5-21-6-4-14/h1-2,7,20H,3-6,8-9H2,(H2,17,18,19). The highest BCUT2D eigenvalue weighted by atomic mass is 35.5. The number of halogens is 2. The van der Waals surface area contributed by atoms with Crippen LogP contribution in [0.5, 0.6) is 0 Å². The maximum Gasteiger partial charge on any atom is 0.315 e. The molecular formula is C14H18ClFN2O3. The highest BCUT2D eigenvalue weighted by Gasteiger charge is 2.29. The molecule has 1 aliphatic heterocycles. The minimum Gasteiger partial charge on any atom is -0.388 e. The predicted octanol–water partition coefficient (Wildman–Crippen LogP) is 1.82. The monoisotopic (exact) mass is 316 g/mol. The number of nitrogens with one attached hydrogen (secondary N) is 2. The number of carbonyl (C=O) groups is 1. The summed E-state index contributed by atoms with van der Waals surface area (Å²) < 4.78 is 18.2. The summed E-state index contributed by atoms with van der Waals surface area (Å²) in [4.78, 5) is 11.7. The van der Waals surface area contributed by atoms with Crippen LogP contribution in [0.25, 0.3) is 0 Å². The topological polar surface area (TPSA) is 70.6 Å². The first-order chi connectivity index (χ1) is 9.98. The molecule has 1 aliphatic rings. The van der Waals surface area contributed by atoms with Crippen molar-refractivity contribution in [1.29, 1.82) is 0 Å². The molecule has 21 heavy (non-hydrogen) atoms. The predicted molar refractivity (Wildman–Crippen MR) is 76.7 cm³/mol. The smallest absolute Gasteiger partial charge is 0.315 e. The quantitative estimate of drug-likeness (QED) is 0.793. The molecule has 1 aromatic rings. The molecule has 1 fully saturated rings. The minimum atomic E-state index is -0.908. The van der Waals surface area contributed by atoms with Crippen molar-refractivity contribution in [2.75, 3.05) is 19.8 Å². The number of hydrogen-bond acceptors (Lipinski definition) is 3. The number of aliphatic hydroxyl groups is 1. The van der Waals surface area contributed by atoms with Gasteiger partial charge >= 0.3 is 6.03 Å². The zero-order chi connectivity index (χ0) is 15.3. The lowest BCUT2D eigenvalue weighted by atomic mass is 9.94. The molecule has 0 saturated carbocycles. The molecule has 5 nitrogen and oxygen atoms in total. The van der Waals surface area contributed by atoms with Crippen LogP contribution < -0.4 is 10.6 Å². The number of hydrogen-bond donors (Lipinski definition) is 3. The Kier molecular flexibility index (Phi) is 5.39. The number of ether oxygens (including phenoxy) is 1. The molecule has 1 saturated heterocycles. The van der Waals surface area contributed by atoms with Crippen molar-refractivity contribution < 1.29 is 19.0 Å². The molecule has 116 valence electrons. The van der Waals surface area contributed by atoms with Gasteiger partial charge in [0.2, 0.25) is 0 Å². The summed E-state index contributed by atoms with van der Waals surface area (Å²) in [5.74, 6) is -0.494. The summed E-state index contributed by atoms with van der Waals surface area (Å²) in [7, 11) is 0. The maximum absolute atomic E-state index is 13.0. The van der Waals surface area contributed by atoms with Crippen molar-refractivity contribution in [3.8, 4) is 0 Å². The summed E-state index contributed by atoms with van der Waals surface area (Å²) in [5, 5.41) is 15.5. The first kappa shape index (κ1) is 16.0. The fraction of sp³-hybridized carbons (Fsp3) is 0.500. The molecule has 0 aliphatic carbocycles. The molecule has 0 radical (unpaired) electrons. The third-order valence-corrected chi connectivity index (χ3v) is 3.73. The van der Waals surface area contributed by atoms with Gasteiger partial charge in [0.05, 0.1) is 10.6 Å². The largest absolute Gasteiger partial charge is 0.388 e. The molecular weight excluding hydrogens is 299 g/mol. The van der Waals surface area contributed by atoms with Crippen molar-refractivity contribution in [3.05, 3.63) is 34.6 Å². The van der Waals surface area contributed by atoms with Crippen molar-refractivity contribution in [1.82, 2.24) is 10.6 Å². The van der Waals surface area contributed by atoms with Gasteiger partial charge in [-0.2, -0.15) is 0 Å². The minimum absolute atomic E-state index is 0.0197. The van der Waals surface area contributed by atoms with E-state index in [9.17, 15) is 14.3 Å². The fourth-order valence-electron chi connectivity index (χ4n) is 2.07. The van der Waals surface area contributed by atoms with Crippen molar-refractivity contribution in [2.45, 2.75) is 25.0 Å². The Hall–Kier alpha value is -1.37. The molecule has 1 aromatic carbocycles. The van der Waals surface area contributed by atoms with E-state index in [-0.39, 0.29) is 18.1 Å². The van der Waals surface area contributed by atoms with Gasteiger partial charge in [0, 0.05) is 39.1 Å². The van der Waals surface area contributed by atoms with Crippen LogP contribution >= 0.6 is 11.6 Å². The SMILES string of the molecule is O=C(NCc1ccc(F)c(Cl)c1)NCC1(O)CCOCC1. The number of carbonyl (C=O) groups excluding carboxylic acids is 1. The second-order valence-corrected chi connectivity index (χ2v) is 5.53. The van der Waals surface area contributed by atoms with Crippen molar-refractivity contribution >= 4 is 17.6 Å². The van der Waals surface area contributed by atoms with E-state index in [1.165, 1.54) is 12.1 Å². The van der Waals surface area contributed by atoms with Gasteiger partial charge in [0.1, 0.15) is 5.82 Å². The molecule has 0 atom stereocenters. The average Bonchev–Trinajstić information content (AvgIpc) is 2.47. The molecule has 0 bridgehead atoms.